The second-order valence-electron chi connectivity index (χ2n) is 6.14. The van der Waals surface area contributed by atoms with Crippen molar-refractivity contribution >= 4 is 17.3 Å². The summed E-state index contributed by atoms with van der Waals surface area (Å²) >= 11 is 1.68. The maximum absolute atomic E-state index is 5.61. The first-order chi connectivity index (χ1) is 13.2. The molecule has 0 aliphatic heterocycles. The summed E-state index contributed by atoms with van der Waals surface area (Å²) in [6, 6.07) is 8.14. The summed E-state index contributed by atoms with van der Waals surface area (Å²) in [5.41, 5.74) is 4.02. The van der Waals surface area contributed by atoms with E-state index in [-0.39, 0.29) is 0 Å². The van der Waals surface area contributed by atoms with Crippen molar-refractivity contribution in [1.29, 1.82) is 0 Å². The molecule has 0 radical (unpaired) electrons. The van der Waals surface area contributed by atoms with Crippen LogP contribution >= 0.6 is 11.3 Å². The molecule has 0 atom stereocenters. The van der Waals surface area contributed by atoms with Crippen molar-refractivity contribution in [1.82, 2.24) is 20.6 Å². The highest BCUT2D eigenvalue weighted by Gasteiger charge is 2.07. The van der Waals surface area contributed by atoms with Crippen molar-refractivity contribution in [3.63, 3.8) is 0 Å². The predicted molar refractivity (Wildman–Crippen MR) is 110 cm³/mol. The SMILES string of the molecule is CCNC(=NCc1csc(CC)n1)NCc1coc(-c2ccc(C)cc2)n1. The third kappa shape index (κ3) is 5.40. The number of hydrogen-bond donors (Lipinski definition) is 2. The van der Waals surface area contributed by atoms with Gasteiger partial charge in [0.05, 0.1) is 29.5 Å². The fraction of sp³-hybridized carbons (Fsp3) is 0.350. The van der Waals surface area contributed by atoms with E-state index in [0.29, 0.717) is 19.0 Å². The molecular weight excluding hydrogens is 358 g/mol. The van der Waals surface area contributed by atoms with Gasteiger partial charge < -0.3 is 15.1 Å². The predicted octanol–water partition coefficient (Wildman–Crippen LogP) is 3.92. The number of nitrogens with one attached hydrogen (secondary N) is 2. The number of thiazole rings is 1. The molecule has 2 aromatic heterocycles. The molecule has 0 spiro atoms. The normalized spacial score (nSPS) is 11.6. The second-order valence-corrected chi connectivity index (χ2v) is 7.09. The molecule has 3 aromatic rings. The Morgan fingerprint density at radius 3 is 2.63 bits per heavy atom. The first kappa shape index (κ1) is 19.1. The number of aryl methyl sites for hydroxylation is 2. The topological polar surface area (TPSA) is 75.3 Å². The van der Waals surface area contributed by atoms with Gasteiger partial charge in [0.1, 0.15) is 6.26 Å². The summed E-state index contributed by atoms with van der Waals surface area (Å²) in [5.74, 6) is 1.37. The number of oxazole rings is 1. The van der Waals surface area contributed by atoms with Gasteiger partial charge in [0, 0.05) is 17.5 Å². The highest BCUT2D eigenvalue weighted by atomic mass is 32.1. The summed E-state index contributed by atoms with van der Waals surface area (Å²) in [6.07, 6.45) is 2.64. The van der Waals surface area contributed by atoms with Crippen LogP contribution in [0.4, 0.5) is 0 Å². The van der Waals surface area contributed by atoms with Gasteiger partial charge in [-0.05, 0) is 32.4 Å². The number of nitrogens with zero attached hydrogens (tertiary/aromatic N) is 3. The zero-order valence-electron chi connectivity index (χ0n) is 16.0. The molecule has 2 heterocycles. The summed E-state index contributed by atoms with van der Waals surface area (Å²) in [7, 11) is 0. The Hall–Kier alpha value is -2.67. The minimum absolute atomic E-state index is 0.540. The Morgan fingerprint density at radius 2 is 1.93 bits per heavy atom. The van der Waals surface area contributed by atoms with E-state index >= 15 is 0 Å². The monoisotopic (exact) mass is 383 g/mol. The number of guanidine groups is 1. The fourth-order valence-electron chi connectivity index (χ4n) is 2.48. The van der Waals surface area contributed by atoms with Gasteiger partial charge in [-0.2, -0.15) is 0 Å². The zero-order chi connectivity index (χ0) is 19.1. The molecule has 0 aliphatic carbocycles. The average Bonchev–Trinajstić information content (AvgIpc) is 3.34. The highest BCUT2D eigenvalue weighted by Crippen LogP contribution is 2.19. The molecule has 6 nitrogen and oxygen atoms in total. The van der Waals surface area contributed by atoms with Crippen molar-refractivity contribution in [3.8, 4) is 11.5 Å². The van der Waals surface area contributed by atoms with Crippen molar-refractivity contribution in [2.45, 2.75) is 40.3 Å². The van der Waals surface area contributed by atoms with Gasteiger partial charge in [0.25, 0.3) is 0 Å². The standard InChI is InChI=1S/C20H25N5OS/c1-4-18-24-17(13-27-18)11-23-20(21-5-2)22-10-16-12-26-19(25-16)15-8-6-14(3)7-9-15/h6-9,12-13H,4-5,10-11H2,1-3H3,(H2,21,22,23). The average molecular weight is 384 g/mol. The van der Waals surface area contributed by atoms with Crippen molar-refractivity contribution in [3.05, 3.63) is 57.9 Å². The van der Waals surface area contributed by atoms with Gasteiger partial charge in [-0.25, -0.2) is 15.0 Å². The Kier molecular flexibility index (Phi) is 6.59. The molecule has 7 heteroatoms. The van der Waals surface area contributed by atoms with Crippen LogP contribution in [-0.4, -0.2) is 22.5 Å². The van der Waals surface area contributed by atoms with Crippen LogP contribution in [0.3, 0.4) is 0 Å². The summed E-state index contributed by atoms with van der Waals surface area (Å²) < 4.78 is 5.61. The first-order valence-electron chi connectivity index (χ1n) is 9.14. The molecule has 27 heavy (non-hydrogen) atoms. The lowest BCUT2D eigenvalue weighted by molar-refractivity contribution is 0.572. The number of hydrogen-bond acceptors (Lipinski definition) is 5. The lowest BCUT2D eigenvalue weighted by Crippen LogP contribution is -2.36. The Balaban J connectivity index is 1.60. The molecule has 142 valence electrons. The maximum Gasteiger partial charge on any atom is 0.226 e. The van der Waals surface area contributed by atoms with E-state index in [1.807, 2.05) is 19.1 Å². The number of aliphatic imine (C=N–C) groups is 1. The van der Waals surface area contributed by atoms with Crippen molar-refractivity contribution < 1.29 is 4.42 Å². The largest absolute Gasteiger partial charge is 0.444 e. The van der Waals surface area contributed by atoms with Crippen molar-refractivity contribution in [2.75, 3.05) is 6.54 Å². The van der Waals surface area contributed by atoms with Gasteiger partial charge in [-0.15, -0.1) is 11.3 Å². The molecule has 0 saturated carbocycles. The number of benzene rings is 1. The summed E-state index contributed by atoms with van der Waals surface area (Å²) in [5, 5.41) is 9.75. The van der Waals surface area contributed by atoms with E-state index in [9.17, 15) is 0 Å². The Bertz CT molecular complexity index is 882. The maximum atomic E-state index is 5.61. The summed E-state index contributed by atoms with van der Waals surface area (Å²) in [6.45, 7) is 8.10. The molecule has 2 N–H and O–H groups in total. The minimum Gasteiger partial charge on any atom is -0.444 e. The van der Waals surface area contributed by atoms with Crippen LogP contribution in [0.25, 0.3) is 11.5 Å². The molecule has 0 bridgehead atoms. The van der Waals surface area contributed by atoms with E-state index < -0.39 is 0 Å². The van der Waals surface area contributed by atoms with E-state index in [2.05, 4.69) is 57.0 Å². The zero-order valence-corrected chi connectivity index (χ0v) is 16.8. The smallest absolute Gasteiger partial charge is 0.226 e. The molecule has 0 amide bonds. The molecule has 0 fully saturated rings. The second kappa shape index (κ2) is 9.32. The number of rotatable bonds is 7. The lowest BCUT2D eigenvalue weighted by atomic mass is 10.1. The van der Waals surface area contributed by atoms with Crippen LogP contribution in [0.5, 0.6) is 0 Å². The van der Waals surface area contributed by atoms with E-state index in [0.717, 1.165) is 40.9 Å². The molecule has 3 rings (SSSR count). The van der Waals surface area contributed by atoms with Gasteiger partial charge >= 0.3 is 0 Å². The molecule has 1 aromatic carbocycles. The Morgan fingerprint density at radius 1 is 1.11 bits per heavy atom. The highest BCUT2D eigenvalue weighted by molar-refractivity contribution is 7.09. The lowest BCUT2D eigenvalue weighted by Gasteiger charge is -2.09. The van der Waals surface area contributed by atoms with E-state index in [1.165, 1.54) is 5.56 Å². The van der Waals surface area contributed by atoms with Crippen LogP contribution in [0.1, 0.15) is 35.8 Å². The first-order valence-corrected chi connectivity index (χ1v) is 10.0. The minimum atomic E-state index is 0.540. The van der Waals surface area contributed by atoms with E-state index in [4.69, 9.17) is 4.42 Å². The molecule has 0 unspecified atom stereocenters. The van der Waals surface area contributed by atoms with Crippen LogP contribution in [0, 0.1) is 6.92 Å². The van der Waals surface area contributed by atoms with Crippen LogP contribution in [0.15, 0.2) is 45.3 Å². The van der Waals surface area contributed by atoms with Gasteiger partial charge in [0.15, 0.2) is 5.96 Å². The number of aromatic nitrogens is 2. The Labute approximate surface area is 163 Å². The van der Waals surface area contributed by atoms with Crippen LogP contribution < -0.4 is 10.6 Å². The molecule has 0 saturated heterocycles. The third-order valence-corrected chi connectivity index (χ3v) is 4.97. The van der Waals surface area contributed by atoms with Gasteiger partial charge in [-0.3, -0.25) is 0 Å². The van der Waals surface area contributed by atoms with Crippen LogP contribution in [0.2, 0.25) is 0 Å². The van der Waals surface area contributed by atoms with Crippen molar-refractivity contribution in [2.24, 2.45) is 4.99 Å². The molecule has 0 aliphatic rings. The fourth-order valence-corrected chi connectivity index (χ4v) is 3.21. The van der Waals surface area contributed by atoms with Gasteiger partial charge in [0.2, 0.25) is 5.89 Å². The molecular formula is C20H25N5OS. The van der Waals surface area contributed by atoms with Gasteiger partial charge in [-0.1, -0.05) is 24.6 Å². The third-order valence-electron chi connectivity index (χ3n) is 3.93. The van der Waals surface area contributed by atoms with E-state index in [1.54, 1.807) is 17.6 Å². The van der Waals surface area contributed by atoms with Crippen LogP contribution in [-0.2, 0) is 19.5 Å². The summed E-state index contributed by atoms with van der Waals surface area (Å²) in [4.78, 5) is 13.7. The quantitative estimate of drug-likeness (QED) is 0.478.